The van der Waals surface area contributed by atoms with Crippen molar-refractivity contribution < 1.29 is 0 Å². The van der Waals surface area contributed by atoms with E-state index in [-0.39, 0.29) is 5.41 Å². The first-order valence-electron chi connectivity index (χ1n) is 6.93. The molecule has 0 saturated heterocycles. The van der Waals surface area contributed by atoms with Crippen LogP contribution in [0.25, 0.3) is 6.08 Å². The molecule has 0 saturated carbocycles. The van der Waals surface area contributed by atoms with Crippen LogP contribution in [-0.2, 0) is 5.41 Å². The van der Waals surface area contributed by atoms with Gasteiger partial charge in [0.1, 0.15) is 0 Å². The Morgan fingerprint density at radius 1 is 0.842 bits per heavy atom. The maximum Gasteiger partial charge on any atom is 0.0278 e. The first-order chi connectivity index (χ1) is 9.05. The zero-order valence-corrected chi connectivity index (χ0v) is 11.9. The Balaban J connectivity index is 1.95. The second-order valence-corrected chi connectivity index (χ2v) is 6.34. The summed E-state index contributed by atoms with van der Waals surface area (Å²) in [7, 11) is 0. The highest BCUT2D eigenvalue weighted by Gasteiger charge is 2.19. The van der Waals surface area contributed by atoms with E-state index in [9.17, 15) is 0 Å². The molecule has 0 nitrogen and oxygen atoms in total. The fraction of sp³-hybridized carbons (Fsp3) is 0.263. The van der Waals surface area contributed by atoms with Crippen LogP contribution in [0.2, 0.25) is 0 Å². The van der Waals surface area contributed by atoms with Crippen molar-refractivity contribution in [2.45, 2.75) is 32.1 Å². The summed E-state index contributed by atoms with van der Waals surface area (Å²) in [6, 6.07) is 17.7. The summed E-state index contributed by atoms with van der Waals surface area (Å²) >= 11 is 0. The topological polar surface area (TPSA) is 0 Å². The Bertz CT molecular complexity index is 609. The number of allylic oxidation sites excluding steroid dienone is 1. The summed E-state index contributed by atoms with van der Waals surface area (Å²) in [4.78, 5) is 0. The summed E-state index contributed by atoms with van der Waals surface area (Å²) in [6.45, 7) is 6.77. The lowest BCUT2D eigenvalue weighted by Gasteiger charge is -2.20. The van der Waals surface area contributed by atoms with Crippen LogP contribution in [0.1, 0.15) is 48.9 Å². The molecule has 0 bridgehead atoms. The second kappa shape index (κ2) is 4.38. The predicted octanol–water partition coefficient (Wildman–Crippen LogP) is 5.14. The fourth-order valence-corrected chi connectivity index (χ4v) is 2.73. The SMILES string of the molecule is CC(C)(C)c1ccc(C2C=Cc3ccccc32)cc1. The van der Waals surface area contributed by atoms with Crippen molar-refractivity contribution in [3.05, 3.63) is 76.9 Å². The van der Waals surface area contributed by atoms with E-state index in [1.165, 1.54) is 22.3 Å². The van der Waals surface area contributed by atoms with Gasteiger partial charge in [0, 0.05) is 5.92 Å². The molecule has 0 fully saturated rings. The van der Waals surface area contributed by atoms with E-state index >= 15 is 0 Å². The number of hydrogen-bond acceptors (Lipinski definition) is 0. The summed E-state index contributed by atoms with van der Waals surface area (Å²) in [5.74, 6) is 0.421. The Morgan fingerprint density at radius 2 is 1.53 bits per heavy atom. The monoisotopic (exact) mass is 248 g/mol. The molecule has 0 heterocycles. The van der Waals surface area contributed by atoms with Crippen molar-refractivity contribution >= 4 is 6.08 Å². The van der Waals surface area contributed by atoms with Gasteiger partial charge in [-0.05, 0) is 27.7 Å². The van der Waals surface area contributed by atoms with Crippen molar-refractivity contribution in [2.75, 3.05) is 0 Å². The molecule has 0 aromatic heterocycles. The van der Waals surface area contributed by atoms with Gasteiger partial charge in [-0.1, -0.05) is 81.5 Å². The first kappa shape index (κ1) is 12.2. The zero-order chi connectivity index (χ0) is 13.5. The van der Waals surface area contributed by atoms with Crippen molar-refractivity contribution in [2.24, 2.45) is 0 Å². The van der Waals surface area contributed by atoms with Gasteiger partial charge in [0.15, 0.2) is 0 Å². The lowest BCUT2D eigenvalue weighted by molar-refractivity contribution is 0.590. The number of benzene rings is 2. The van der Waals surface area contributed by atoms with Crippen molar-refractivity contribution in [1.82, 2.24) is 0 Å². The quantitative estimate of drug-likeness (QED) is 0.655. The van der Waals surface area contributed by atoms with Gasteiger partial charge < -0.3 is 0 Å². The maximum absolute atomic E-state index is 2.30. The van der Waals surface area contributed by atoms with E-state index in [0.717, 1.165) is 0 Å². The highest BCUT2D eigenvalue weighted by Crippen LogP contribution is 2.35. The lowest BCUT2D eigenvalue weighted by atomic mass is 9.85. The van der Waals surface area contributed by atoms with Crippen LogP contribution in [0.15, 0.2) is 54.6 Å². The van der Waals surface area contributed by atoms with Crippen molar-refractivity contribution in [1.29, 1.82) is 0 Å². The number of fused-ring (bicyclic) bond motifs is 1. The van der Waals surface area contributed by atoms with Gasteiger partial charge >= 0.3 is 0 Å². The van der Waals surface area contributed by atoms with Crippen LogP contribution >= 0.6 is 0 Å². The largest absolute Gasteiger partial charge is 0.0720 e. The predicted molar refractivity (Wildman–Crippen MR) is 82.5 cm³/mol. The van der Waals surface area contributed by atoms with Crippen LogP contribution in [-0.4, -0.2) is 0 Å². The third-order valence-corrected chi connectivity index (χ3v) is 3.94. The van der Waals surface area contributed by atoms with Crippen molar-refractivity contribution in [3.63, 3.8) is 0 Å². The lowest BCUT2D eigenvalue weighted by Crippen LogP contribution is -2.11. The van der Waals surface area contributed by atoms with Crippen molar-refractivity contribution in [3.8, 4) is 0 Å². The minimum Gasteiger partial charge on any atom is -0.0720 e. The van der Waals surface area contributed by atoms with Gasteiger partial charge in [0.2, 0.25) is 0 Å². The van der Waals surface area contributed by atoms with E-state index < -0.39 is 0 Å². The van der Waals surface area contributed by atoms with Gasteiger partial charge in [-0.25, -0.2) is 0 Å². The molecule has 2 aromatic rings. The standard InChI is InChI=1S/C19H20/c1-19(2,3)16-11-8-15(9-12-16)18-13-10-14-6-4-5-7-17(14)18/h4-13,18H,1-3H3. The molecule has 0 aliphatic heterocycles. The average Bonchev–Trinajstić information content (AvgIpc) is 2.82. The molecule has 1 atom stereocenters. The molecule has 0 N–H and O–H groups in total. The molecule has 19 heavy (non-hydrogen) atoms. The smallest absolute Gasteiger partial charge is 0.0278 e. The van der Waals surface area contributed by atoms with Crippen LogP contribution in [0.3, 0.4) is 0 Å². The van der Waals surface area contributed by atoms with Gasteiger partial charge in [-0.2, -0.15) is 0 Å². The van der Waals surface area contributed by atoms with E-state index in [0.29, 0.717) is 5.92 Å². The van der Waals surface area contributed by atoms with Gasteiger partial charge in [0.05, 0.1) is 0 Å². The van der Waals surface area contributed by atoms with Crippen LogP contribution in [0, 0.1) is 0 Å². The Hall–Kier alpha value is -1.82. The Labute approximate surface area is 115 Å². The number of hydrogen-bond donors (Lipinski definition) is 0. The minimum absolute atomic E-state index is 0.224. The zero-order valence-electron chi connectivity index (χ0n) is 11.9. The molecular weight excluding hydrogens is 228 g/mol. The molecular formula is C19H20. The molecule has 2 aromatic carbocycles. The summed E-state index contributed by atoms with van der Waals surface area (Å²) in [5, 5.41) is 0. The van der Waals surface area contributed by atoms with Gasteiger partial charge in [-0.15, -0.1) is 0 Å². The summed E-state index contributed by atoms with van der Waals surface area (Å²) in [6.07, 6.45) is 4.54. The van der Waals surface area contributed by atoms with E-state index in [4.69, 9.17) is 0 Å². The highest BCUT2D eigenvalue weighted by molar-refractivity contribution is 5.65. The van der Waals surface area contributed by atoms with Gasteiger partial charge in [-0.3, -0.25) is 0 Å². The van der Waals surface area contributed by atoms with Crippen LogP contribution in [0.4, 0.5) is 0 Å². The summed E-state index contributed by atoms with van der Waals surface area (Å²) in [5.41, 5.74) is 5.78. The minimum atomic E-state index is 0.224. The molecule has 0 radical (unpaired) electrons. The van der Waals surface area contributed by atoms with Crippen LogP contribution < -0.4 is 0 Å². The fourth-order valence-electron chi connectivity index (χ4n) is 2.73. The normalized spacial score (nSPS) is 17.5. The van der Waals surface area contributed by atoms with Gasteiger partial charge in [0.25, 0.3) is 0 Å². The molecule has 1 unspecified atom stereocenters. The third-order valence-electron chi connectivity index (χ3n) is 3.94. The highest BCUT2D eigenvalue weighted by atomic mass is 14.2. The van der Waals surface area contributed by atoms with E-state index in [1.807, 2.05) is 0 Å². The molecule has 96 valence electrons. The molecule has 0 heteroatoms. The van der Waals surface area contributed by atoms with E-state index in [1.54, 1.807) is 0 Å². The molecule has 1 aliphatic carbocycles. The van der Waals surface area contributed by atoms with E-state index in [2.05, 4.69) is 81.5 Å². The molecule has 0 spiro atoms. The molecule has 0 amide bonds. The third kappa shape index (κ3) is 2.23. The second-order valence-electron chi connectivity index (χ2n) is 6.34. The Kier molecular flexibility index (Phi) is 2.82. The maximum atomic E-state index is 2.30. The first-order valence-corrected chi connectivity index (χ1v) is 6.93. The average molecular weight is 248 g/mol. The summed E-state index contributed by atoms with van der Waals surface area (Å²) < 4.78 is 0. The molecule has 1 aliphatic rings. The van der Waals surface area contributed by atoms with Crippen LogP contribution in [0.5, 0.6) is 0 Å². The number of rotatable bonds is 1. The Morgan fingerprint density at radius 3 is 2.21 bits per heavy atom. The molecule has 3 rings (SSSR count).